The lowest BCUT2D eigenvalue weighted by molar-refractivity contribution is 0.444. The predicted molar refractivity (Wildman–Crippen MR) is 54.2 cm³/mol. The molecule has 76 valence electrons. The Morgan fingerprint density at radius 2 is 2.00 bits per heavy atom. The Morgan fingerprint density at radius 1 is 1.29 bits per heavy atom. The summed E-state index contributed by atoms with van der Waals surface area (Å²) in [6, 6.07) is 4.70. The number of phenols is 2. The number of phenolic OH excluding ortho intramolecular Hbond substituents is 2. The highest BCUT2D eigenvalue weighted by Crippen LogP contribution is 2.37. The first kappa shape index (κ1) is 9.34. The van der Waals surface area contributed by atoms with Gasteiger partial charge in [0.15, 0.2) is 0 Å². The summed E-state index contributed by atoms with van der Waals surface area (Å²) in [7, 11) is 0. The van der Waals surface area contributed by atoms with Crippen LogP contribution in [0.5, 0.6) is 11.5 Å². The topological polar surface area (TPSA) is 66.5 Å². The van der Waals surface area contributed by atoms with Crippen molar-refractivity contribution in [2.45, 2.75) is 31.2 Å². The van der Waals surface area contributed by atoms with Crippen LogP contribution >= 0.6 is 0 Å². The molecule has 0 saturated heterocycles. The van der Waals surface area contributed by atoms with E-state index in [4.69, 9.17) is 10.8 Å². The lowest BCUT2D eigenvalue weighted by atomic mass is 10.0. The molecule has 14 heavy (non-hydrogen) atoms. The summed E-state index contributed by atoms with van der Waals surface area (Å²) in [5.41, 5.74) is 6.82. The van der Waals surface area contributed by atoms with Gasteiger partial charge in [-0.1, -0.05) is 6.07 Å². The van der Waals surface area contributed by atoms with Gasteiger partial charge in [-0.3, -0.25) is 0 Å². The van der Waals surface area contributed by atoms with Crippen LogP contribution < -0.4 is 5.73 Å². The van der Waals surface area contributed by atoms with E-state index in [2.05, 4.69) is 0 Å². The van der Waals surface area contributed by atoms with Crippen LogP contribution in [0.3, 0.4) is 0 Å². The maximum absolute atomic E-state index is 9.51. The zero-order valence-electron chi connectivity index (χ0n) is 8.03. The molecule has 0 amide bonds. The SMILES string of the molecule is NC1(CCc2ccc(O)cc2O)CC1. The van der Waals surface area contributed by atoms with Crippen molar-refractivity contribution in [3.8, 4) is 11.5 Å². The molecule has 1 aliphatic carbocycles. The molecule has 0 heterocycles. The molecule has 0 bridgehead atoms. The molecule has 0 spiro atoms. The smallest absolute Gasteiger partial charge is 0.122 e. The fraction of sp³-hybridized carbons (Fsp3) is 0.455. The van der Waals surface area contributed by atoms with Crippen molar-refractivity contribution in [3.05, 3.63) is 23.8 Å². The largest absolute Gasteiger partial charge is 0.508 e. The molecule has 0 atom stereocenters. The van der Waals surface area contributed by atoms with Crippen molar-refractivity contribution in [1.82, 2.24) is 0 Å². The Balaban J connectivity index is 2.02. The summed E-state index contributed by atoms with van der Waals surface area (Å²) in [4.78, 5) is 0. The number of nitrogens with two attached hydrogens (primary N) is 1. The highest BCUT2D eigenvalue weighted by atomic mass is 16.3. The molecule has 3 heteroatoms. The summed E-state index contributed by atoms with van der Waals surface area (Å²) in [6.07, 6.45) is 3.87. The maximum Gasteiger partial charge on any atom is 0.122 e. The minimum Gasteiger partial charge on any atom is -0.508 e. The van der Waals surface area contributed by atoms with Gasteiger partial charge in [-0.05, 0) is 37.3 Å². The number of rotatable bonds is 3. The Hall–Kier alpha value is -1.22. The van der Waals surface area contributed by atoms with Gasteiger partial charge in [0.25, 0.3) is 0 Å². The number of aryl methyl sites for hydroxylation is 1. The normalized spacial score (nSPS) is 18.1. The summed E-state index contributed by atoms with van der Waals surface area (Å²) in [5.74, 6) is 0.259. The van der Waals surface area contributed by atoms with Crippen LogP contribution in [0.1, 0.15) is 24.8 Å². The Bertz CT molecular complexity index is 345. The van der Waals surface area contributed by atoms with E-state index in [9.17, 15) is 5.11 Å². The molecule has 2 rings (SSSR count). The van der Waals surface area contributed by atoms with Crippen LogP contribution in [-0.4, -0.2) is 15.8 Å². The van der Waals surface area contributed by atoms with Gasteiger partial charge in [0.05, 0.1) is 0 Å². The second-order valence-electron chi connectivity index (χ2n) is 4.18. The summed E-state index contributed by atoms with van der Waals surface area (Å²) in [5, 5.41) is 18.6. The van der Waals surface area contributed by atoms with Gasteiger partial charge in [-0.25, -0.2) is 0 Å². The molecule has 1 saturated carbocycles. The standard InChI is InChI=1S/C11H15NO2/c12-11(5-6-11)4-3-8-1-2-9(13)7-10(8)14/h1-2,7,13-14H,3-6,12H2. The van der Waals surface area contributed by atoms with E-state index in [0.29, 0.717) is 0 Å². The highest BCUT2D eigenvalue weighted by Gasteiger charge is 2.37. The van der Waals surface area contributed by atoms with Crippen molar-refractivity contribution in [2.24, 2.45) is 5.73 Å². The minimum atomic E-state index is 0.0182. The van der Waals surface area contributed by atoms with Crippen molar-refractivity contribution >= 4 is 0 Å². The zero-order valence-corrected chi connectivity index (χ0v) is 8.03. The van der Waals surface area contributed by atoms with E-state index >= 15 is 0 Å². The van der Waals surface area contributed by atoms with Gasteiger partial charge < -0.3 is 15.9 Å². The van der Waals surface area contributed by atoms with E-state index < -0.39 is 0 Å². The average Bonchev–Trinajstić information content (AvgIpc) is 2.83. The molecule has 0 aliphatic heterocycles. The summed E-state index contributed by atoms with van der Waals surface area (Å²) < 4.78 is 0. The first-order valence-electron chi connectivity index (χ1n) is 4.89. The van der Waals surface area contributed by atoms with E-state index in [0.717, 1.165) is 31.2 Å². The Morgan fingerprint density at radius 3 is 2.57 bits per heavy atom. The van der Waals surface area contributed by atoms with Gasteiger partial charge in [0, 0.05) is 11.6 Å². The molecule has 1 aliphatic rings. The molecular formula is C11H15NO2. The number of aromatic hydroxyl groups is 2. The van der Waals surface area contributed by atoms with Crippen molar-refractivity contribution in [1.29, 1.82) is 0 Å². The average molecular weight is 193 g/mol. The summed E-state index contributed by atoms with van der Waals surface area (Å²) in [6.45, 7) is 0. The van der Waals surface area contributed by atoms with Crippen molar-refractivity contribution in [2.75, 3.05) is 0 Å². The first-order valence-corrected chi connectivity index (χ1v) is 4.89. The fourth-order valence-corrected chi connectivity index (χ4v) is 1.56. The monoisotopic (exact) mass is 193 g/mol. The van der Waals surface area contributed by atoms with Crippen LogP contribution in [0.25, 0.3) is 0 Å². The van der Waals surface area contributed by atoms with E-state index in [1.807, 2.05) is 0 Å². The van der Waals surface area contributed by atoms with Crippen LogP contribution in [0.2, 0.25) is 0 Å². The summed E-state index contributed by atoms with van der Waals surface area (Å²) >= 11 is 0. The molecule has 4 N–H and O–H groups in total. The molecule has 1 fully saturated rings. The van der Waals surface area contributed by atoms with Crippen LogP contribution in [0.15, 0.2) is 18.2 Å². The van der Waals surface area contributed by atoms with Crippen LogP contribution in [-0.2, 0) is 6.42 Å². The van der Waals surface area contributed by atoms with Crippen LogP contribution in [0.4, 0.5) is 0 Å². The third-order valence-corrected chi connectivity index (χ3v) is 2.85. The fourth-order valence-electron chi connectivity index (χ4n) is 1.56. The second-order valence-corrected chi connectivity index (χ2v) is 4.18. The van der Waals surface area contributed by atoms with Gasteiger partial charge in [0.1, 0.15) is 11.5 Å². The molecular weight excluding hydrogens is 178 g/mol. The van der Waals surface area contributed by atoms with Gasteiger partial charge in [-0.2, -0.15) is 0 Å². The van der Waals surface area contributed by atoms with E-state index in [1.165, 1.54) is 6.07 Å². The maximum atomic E-state index is 9.51. The van der Waals surface area contributed by atoms with Crippen molar-refractivity contribution < 1.29 is 10.2 Å². The number of hydrogen-bond donors (Lipinski definition) is 3. The third-order valence-electron chi connectivity index (χ3n) is 2.85. The lowest BCUT2D eigenvalue weighted by Crippen LogP contribution is -2.22. The van der Waals surface area contributed by atoms with E-state index in [1.54, 1.807) is 12.1 Å². The predicted octanol–water partition coefficient (Wildman–Crippen LogP) is 1.52. The Kier molecular flexibility index (Phi) is 2.11. The van der Waals surface area contributed by atoms with Crippen LogP contribution in [0, 0.1) is 0 Å². The Labute approximate surface area is 83.2 Å². The molecule has 1 aromatic rings. The molecule has 3 nitrogen and oxygen atoms in total. The molecule has 0 unspecified atom stereocenters. The first-order chi connectivity index (χ1) is 6.59. The molecule has 0 radical (unpaired) electrons. The number of hydrogen-bond acceptors (Lipinski definition) is 3. The second kappa shape index (κ2) is 3.17. The molecule has 1 aromatic carbocycles. The van der Waals surface area contributed by atoms with Crippen molar-refractivity contribution in [3.63, 3.8) is 0 Å². The lowest BCUT2D eigenvalue weighted by Gasteiger charge is -2.09. The quantitative estimate of drug-likeness (QED) is 0.681. The van der Waals surface area contributed by atoms with E-state index in [-0.39, 0.29) is 17.0 Å². The van der Waals surface area contributed by atoms with Gasteiger partial charge >= 0.3 is 0 Å². The highest BCUT2D eigenvalue weighted by molar-refractivity contribution is 5.39. The minimum absolute atomic E-state index is 0.0182. The number of benzene rings is 1. The van der Waals surface area contributed by atoms with Gasteiger partial charge in [-0.15, -0.1) is 0 Å². The van der Waals surface area contributed by atoms with Gasteiger partial charge in [0.2, 0.25) is 0 Å². The molecule has 0 aromatic heterocycles. The third kappa shape index (κ3) is 1.99. The zero-order chi connectivity index (χ0) is 10.2.